The third-order valence-electron chi connectivity index (χ3n) is 1.61. The van der Waals surface area contributed by atoms with Crippen molar-refractivity contribution >= 4 is 11.8 Å². The fraction of sp³-hybridized carbons (Fsp3) is 0.222. The first-order valence-electron chi connectivity index (χ1n) is 3.79. The molecule has 0 aromatic heterocycles. The highest BCUT2D eigenvalue weighted by atomic mass is 32.2. The van der Waals surface area contributed by atoms with Crippen LogP contribution < -0.4 is 4.74 Å². The summed E-state index contributed by atoms with van der Waals surface area (Å²) in [5.41, 5.74) is -0.820. The highest BCUT2D eigenvalue weighted by Gasteiger charge is 2.31. The highest BCUT2D eigenvalue weighted by molar-refractivity contribution is 8.03. The Hall–Kier alpha value is -1.35. The summed E-state index contributed by atoms with van der Waals surface area (Å²) in [6.45, 7) is 0. The Kier molecular flexibility index (Phi) is 3.48. The summed E-state index contributed by atoms with van der Waals surface area (Å²) in [6.07, 6.45) is -4.43. The molecule has 1 aromatic carbocycles. The predicted molar refractivity (Wildman–Crippen MR) is 49.5 cm³/mol. The smallest absolute Gasteiger partial charge is 0.416 e. The molecule has 0 atom stereocenters. The summed E-state index contributed by atoms with van der Waals surface area (Å²) in [4.78, 5) is 0.212. The van der Waals surface area contributed by atoms with E-state index in [9.17, 15) is 13.2 Å². The van der Waals surface area contributed by atoms with E-state index >= 15 is 0 Å². The van der Waals surface area contributed by atoms with Crippen molar-refractivity contribution in [3.05, 3.63) is 23.8 Å². The number of nitrogens with zero attached hydrogens (tertiary/aromatic N) is 1. The molecule has 0 bridgehead atoms. The second-order valence-electron chi connectivity index (χ2n) is 2.59. The molecule has 0 aliphatic carbocycles. The minimum Gasteiger partial charge on any atom is -0.497 e. The lowest BCUT2D eigenvalue weighted by molar-refractivity contribution is -0.137. The summed E-state index contributed by atoms with van der Waals surface area (Å²) in [7, 11) is 1.27. The molecule has 2 nitrogen and oxygen atoms in total. The van der Waals surface area contributed by atoms with E-state index < -0.39 is 11.7 Å². The van der Waals surface area contributed by atoms with Crippen molar-refractivity contribution < 1.29 is 17.9 Å². The molecule has 0 N–H and O–H groups in total. The topological polar surface area (TPSA) is 33.0 Å². The fourth-order valence-electron chi connectivity index (χ4n) is 0.965. The monoisotopic (exact) mass is 233 g/mol. The fourth-order valence-corrected chi connectivity index (χ4v) is 1.43. The lowest BCUT2D eigenvalue weighted by atomic mass is 10.2. The summed E-state index contributed by atoms with van der Waals surface area (Å²) < 4.78 is 41.8. The van der Waals surface area contributed by atoms with Gasteiger partial charge in [0, 0.05) is 4.90 Å². The van der Waals surface area contributed by atoms with Crippen LogP contribution in [0.1, 0.15) is 5.56 Å². The number of benzene rings is 1. The van der Waals surface area contributed by atoms with Crippen molar-refractivity contribution in [3.8, 4) is 11.2 Å². The van der Waals surface area contributed by atoms with Crippen molar-refractivity contribution in [3.63, 3.8) is 0 Å². The Balaban J connectivity index is 3.18. The van der Waals surface area contributed by atoms with Crippen LogP contribution in [0.2, 0.25) is 0 Å². The summed E-state index contributed by atoms with van der Waals surface area (Å²) >= 11 is 0.661. The Morgan fingerprint density at radius 1 is 1.33 bits per heavy atom. The Labute approximate surface area is 88.7 Å². The molecule has 0 amide bonds. The number of thiocyanates is 1. The average Bonchev–Trinajstić information content (AvgIpc) is 2.16. The van der Waals surface area contributed by atoms with Crippen LogP contribution in [0.25, 0.3) is 0 Å². The van der Waals surface area contributed by atoms with Gasteiger partial charge < -0.3 is 4.74 Å². The van der Waals surface area contributed by atoms with Crippen molar-refractivity contribution in [1.82, 2.24) is 0 Å². The molecule has 0 unspecified atom stereocenters. The molecule has 0 saturated carbocycles. The maximum Gasteiger partial charge on any atom is 0.416 e. The first kappa shape index (κ1) is 11.7. The number of methoxy groups -OCH3 is 1. The SMILES string of the molecule is COc1cc(SC#N)cc(C(F)(F)F)c1. The number of nitriles is 1. The first-order valence-corrected chi connectivity index (χ1v) is 4.61. The molecule has 0 aliphatic rings. The zero-order valence-electron chi connectivity index (χ0n) is 7.63. The molecular formula is C9H6F3NOS. The van der Waals surface area contributed by atoms with Crippen LogP contribution in [-0.2, 0) is 6.18 Å². The normalized spacial score (nSPS) is 10.9. The number of thioether (sulfide) groups is 1. The lowest BCUT2D eigenvalue weighted by Crippen LogP contribution is -2.05. The van der Waals surface area contributed by atoms with Gasteiger partial charge in [0.15, 0.2) is 0 Å². The first-order chi connectivity index (χ1) is 6.97. The second kappa shape index (κ2) is 4.45. The van der Waals surface area contributed by atoms with E-state index in [0.29, 0.717) is 11.8 Å². The van der Waals surface area contributed by atoms with Crippen molar-refractivity contribution in [1.29, 1.82) is 5.26 Å². The molecule has 0 aliphatic heterocycles. The van der Waals surface area contributed by atoms with Crippen LogP contribution in [-0.4, -0.2) is 7.11 Å². The van der Waals surface area contributed by atoms with Crippen molar-refractivity contribution in [2.24, 2.45) is 0 Å². The van der Waals surface area contributed by atoms with E-state index in [1.165, 1.54) is 13.2 Å². The highest BCUT2D eigenvalue weighted by Crippen LogP contribution is 2.34. The zero-order chi connectivity index (χ0) is 11.5. The van der Waals surface area contributed by atoms with Gasteiger partial charge in [0.05, 0.1) is 12.7 Å². The third kappa shape index (κ3) is 3.06. The summed E-state index contributed by atoms with van der Waals surface area (Å²) in [5.74, 6) is 0.0857. The maximum atomic E-state index is 12.4. The molecule has 0 heterocycles. The quantitative estimate of drug-likeness (QED) is 0.580. The minimum absolute atomic E-state index is 0.0857. The van der Waals surface area contributed by atoms with E-state index in [2.05, 4.69) is 0 Å². The Morgan fingerprint density at radius 3 is 2.47 bits per heavy atom. The number of ether oxygens (including phenoxy) is 1. The van der Waals surface area contributed by atoms with E-state index in [1.54, 1.807) is 5.40 Å². The number of alkyl halides is 3. The number of hydrogen-bond acceptors (Lipinski definition) is 3. The number of halogens is 3. The van der Waals surface area contributed by atoms with Crippen LogP contribution in [0.5, 0.6) is 5.75 Å². The van der Waals surface area contributed by atoms with Crippen LogP contribution in [0.3, 0.4) is 0 Å². The standard InChI is InChI=1S/C9H6F3NOS/c1-14-7-2-6(9(10,11)12)3-8(4-7)15-5-13/h2-4H,1H3. The van der Waals surface area contributed by atoms with Gasteiger partial charge in [-0.15, -0.1) is 0 Å². The van der Waals surface area contributed by atoms with Gasteiger partial charge in [0.2, 0.25) is 0 Å². The molecule has 0 radical (unpaired) electrons. The van der Waals surface area contributed by atoms with Crippen LogP contribution in [0, 0.1) is 10.7 Å². The Morgan fingerprint density at radius 2 is 2.00 bits per heavy atom. The molecule has 0 saturated heterocycles. The molecule has 1 rings (SSSR count). The van der Waals surface area contributed by atoms with Gasteiger partial charge in [-0.25, -0.2) is 0 Å². The molecule has 80 valence electrons. The van der Waals surface area contributed by atoms with Crippen LogP contribution in [0.4, 0.5) is 13.2 Å². The second-order valence-corrected chi connectivity index (χ2v) is 3.45. The van der Waals surface area contributed by atoms with Gasteiger partial charge >= 0.3 is 6.18 Å². The van der Waals surface area contributed by atoms with Gasteiger partial charge in [-0.1, -0.05) is 0 Å². The molecule has 6 heteroatoms. The Bertz CT molecular complexity index is 397. The van der Waals surface area contributed by atoms with Crippen molar-refractivity contribution in [2.75, 3.05) is 7.11 Å². The van der Waals surface area contributed by atoms with E-state index in [0.717, 1.165) is 12.1 Å². The van der Waals surface area contributed by atoms with E-state index in [-0.39, 0.29) is 10.6 Å². The lowest BCUT2D eigenvalue weighted by Gasteiger charge is -2.09. The maximum absolute atomic E-state index is 12.4. The third-order valence-corrected chi connectivity index (χ3v) is 2.17. The molecule has 15 heavy (non-hydrogen) atoms. The van der Waals surface area contributed by atoms with Crippen molar-refractivity contribution in [2.45, 2.75) is 11.1 Å². The molecule has 0 fully saturated rings. The number of hydrogen-bond donors (Lipinski definition) is 0. The van der Waals surface area contributed by atoms with Gasteiger partial charge in [-0.2, -0.15) is 18.4 Å². The molecular weight excluding hydrogens is 227 g/mol. The van der Waals surface area contributed by atoms with Crippen LogP contribution >= 0.6 is 11.8 Å². The van der Waals surface area contributed by atoms with Gasteiger partial charge in [0.25, 0.3) is 0 Å². The predicted octanol–water partition coefficient (Wildman–Crippen LogP) is 3.29. The molecule has 1 aromatic rings. The summed E-state index contributed by atoms with van der Waals surface area (Å²) in [5, 5.41) is 10.1. The number of rotatable bonds is 2. The van der Waals surface area contributed by atoms with E-state index in [1.807, 2.05) is 0 Å². The van der Waals surface area contributed by atoms with E-state index in [4.69, 9.17) is 10.00 Å². The molecule has 0 spiro atoms. The van der Waals surface area contributed by atoms with Gasteiger partial charge in [-0.3, -0.25) is 0 Å². The average molecular weight is 233 g/mol. The van der Waals surface area contributed by atoms with Crippen LogP contribution in [0.15, 0.2) is 23.1 Å². The summed E-state index contributed by atoms with van der Waals surface area (Å²) in [6, 6.07) is 3.18. The minimum atomic E-state index is -4.43. The zero-order valence-corrected chi connectivity index (χ0v) is 8.45. The van der Waals surface area contributed by atoms with Gasteiger partial charge in [-0.05, 0) is 30.0 Å². The largest absolute Gasteiger partial charge is 0.497 e. The van der Waals surface area contributed by atoms with Gasteiger partial charge in [0.1, 0.15) is 11.2 Å².